The summed E-state index contributed by atoms with van der Waals surface area (Å²) in [7, 11) is 0. The van der Waals surface area contributed by atoms with Crippen LogP contribution >= 0.6 is 0 Å². The van der Waals surface area contributed by atoms with E-state index in [1.54, 1.807) is 0 Å². The van der Waals surface area contributed by atoms with Crippen LogP contribution in [0.3, 0.4) is 0 Å². The Morgan fingerprint density at radius 3 is 3.25 bits per heavy atom. The Labute approximate surface area is 58.9 Å². The number of hydrogen-bond acceptors (Lipinski definition) is 1. The van der Waals surface area contributed by atoms with Crippen molar-refractivity contribution in [2.45, 2.75) is 6.92 Å². The molecule has 1 N–H and O–H groups in total. The Morgan fingerprint density at radius 1 is 1.88 bits per heavy atom. The van der Waals surface area contributed by atoms with E-state index in [2.05, 4.69) is 17.1 Å². The van der Waals surface area contributed by atoms with Gasteiger partial charge in [0.05, 0.1) is 0 Å². The van der Waals surface area contributed by atoms with E-state index in [1.165, 1.54) is 8.00 Å². The van der Waals surface area contributed by atoms with Crippen molar-refractivity contribution in [3.05, 3.63) is 16.0 Å². The number of hydrogen-bond donors (Lipinski definition) is 1. The molecule has 46 valence electrons. The van der Waals surface area contributed by atoms with Gasteiger partial charge in [0.1, 0.15) is 0 Å². The number of halogens is 1. The molecular weight excluding hydrogens is 215 g/mol. The minimum absolute atomic E-state index is 0.274. The standard InChI is InChI=1S/C5H8IN2/c1-2-6-5-3-7-8-4-5/h3-4H,2H2,1H3,(H,7,8)/q-1. The van der Waals surface area contributed by atoms with Crippen molar-refractivity contribution in [2.75, 3.05) is 4.43 Å². The van der Waals surface area contributed by atoms with Crippen LogP contribution < -0.4 is 21.2 Å². The van der Waals surface area contributed by atoms with Gasteiger partial charge in [0.15, 0.2) is 0 Å². The van der Waals surface area contributed by atoms with Crippen molar-refractivity contribution < 1.29 is 21.2 Å². The fourth-order valence-electron chi connectivity index (χ4n) is 0.463. The Morgan fingerprint density at radius 2 is 2.75 bits per heavy atom. The van der Waals surface area contributed by atoms with Gasteiger partial charge in [-0.1, -0.05) is 0 Å². The third-order valence-electron chi connectivity index (χ3n) is 0.753. The van der Waals surface area contributed by atoms with E-state index in [0.717, 1.165) is 0 Å². The zero-order valence-electron chi connectivity index (χ0n) is 4.69. The predicted octanol–water partition coefficient (Wildman–Crippen LogP) is -2.31. The summed E-state index contributed by atoms with van der Waals surface area (Å²) >= 11 is 0.274. The molecule has 0 aromatic carbocycles. The molecule has 0 spiro atoms. The molecule has 0 unspecified atom stereocenters. The molecule has 1 aromatic heterocycles. The molecule has 0 atom stereocenters. The normalized spacial score (nSPS) is 10.1. The molecule has 0 saturated carbocycles. The van der Waals surface area contributed by atoms with Crippen LogP contribution in [0.4, 0.5) is 0 Å². The third-order valence-corrected chi connectivity index (χ3v) is 2.99. The van der Waals surface area contributed by atoms with Crippen LogP contribution in [0.25, 0.3) is 0 Å². The van der Waals surface area contributed by atoms with Gasteiger partial charge < -0.3 is 0 Å². The van der Waals surface area contributed by atoms with Crippen molar-refractivity contribution in [1.82, 2.24) is 10.2 Å². The Bertz CT molecular complexity index is 136. The van der Waals surface area contributed by atoms with Gasteiger partial charge in [0, 0.05) is 0 Å². The second-order valence-corrected chi connectivity index (χ2v) is 4.85. The number of alkyl halides is 1. The quantitative estimate of drug-likeness (QED) is 0.443. The molecule has 1 heterocycles. The van der Waals surface area contributed by atoms with E-state index in [4.69, 9.17) is 0 Å². The number of H-pyrrole nitrogens is 1. The number of nitrogens with one attached hydrogen (secondary N) is 1. The van der Waals surface area contributed by atoms with Crippen LogP contribution in [-0.4, -0.2) is 14.6 Å². The molecule has 0 amide bonds. The van der Waals surface area contributed by atoms with E-state index >= 15 is 0 Å². The molecule has 0 bridgehead atoms. The molecule has 0 saturated heterocycles. The molecule has 0 radical (unpaired) electrons. The van der Waals surface area contributed by atoms with Crippen molar-refractivity contribution in [1.29, 1.82) is 0 Å². The van der Waals surface area contributed by atoms with Gasteiger partial charge in [-0.3, -0.25) is 0 Å². The van der Waals surface area contributed by atoms with Crippen molar-refractivity contribution in [3.63, 3.8) is 0 Å². The maximum atomic E-state index is 3.84. The van der Waals surface area contributed by atoms with Gasteiger partial charge in [-0.15, -0.1) is 0 Å². The Balaban J connectivity index is 2.50. The van der Waals surface area contributed by atoms with Gasteiger partial charge in [-0.2, -0.15) is 0 Å². The molecule has 0 fully saturated rings. The van der Waals surface area contributed by atoms with Crippen molar-refractivity contribution in [3.8, 4) is 0 Å². The fourth-order valence-corrected chi connectivity index (χ4v) is 2.04. The molecule has 0 aliphatic rings. The number of nitrogens with zero attached hydrogens (tertiary/aromatic N) is 1. The van der Waals surface area contributed by atoms with Crippen LogP contribution in [0.2, 0.25) is 0 Å². The average molecular weight is 223 g/mol. The molecule has 1 rings (SSSR count). The van der Waals surface area contributed by atoms with E-state index in [0.29, 0.717) is 0 Å². The molecule has 3 heteroatoms. The second-order valence-electron chi connectivity index (χ2n) is 1.32. The van der Waals surface area contributed by atoms with Crippen LogP contribution in [0.5, 0.6) is 0 Å². The first-order valence-electron chi connectivity index (χ1n) is 2.51. The van der Waals surface area contributed by atoms with Gasteiger partial charge in [-0.05, 0) is 0 Å². The van der Waals surface area contributed by atoms with Crippen molar-refractivity contribution in [2.24, 2.45) is 0 Å². The number of aromatic nitrogens is 2. The monoisotopic (exact) mass is 223 g/mol. The molecule has 8 heavy (non-hydrogen) atoms. The molecule has 2 nitrogen and oxygen atoms in total. The summed E-state index contributed by atoms with van der Waals surface area (Å²) in [4.78, 5) is 0. The summed E-state index contributed by atoms with van der Waals surface area (Å²) in [6, 6.07) is 0. The van der Waals surface area contributed by atoms with E-state index in [9.17, 15) is 0 Å². The van der Waals surface area contributed by atoms with Gasteiger partial charge in [0.25, 0.3) is 0 Å². The summed E-state index contributed by atoms with van der Waals surface area (Å²) in [5.41, 5.74) is 0. The summed E-state index contributed by atoms with van der Waals surface area (Å²) in [5.74, 6) is 0. The van der Waals surface area contributed by atoms with Gasteiger partial charge in [0.2, 0.25) is 0 Å². The molecule has 0 aliphatic heterocycles. The van der Waals surface area contributed by atoms with Crippen LogP contribution in [-0.2, 0) is 0 Å². The Kier molecular flexibility index (Phi) is 2.32. The number of rotatable bonds is 2. The zero-order chi connectivity index (χ0) is 5.82. The van der Waals surface area contributed by atoms with Crippen LogP contribution in [0, 0.1) is 3.57 Å². The van der Waals surface area contributed by atoms with E-state index in [-0.39, 0.29) is 21.2 Å². The summed E-state index contributed by atoms with van der Waals surface area (Å²) in [6.07, 6.45) is 3.90. The first-order valence-corrected chi connectivity index (χ1v) is 5.12. The van der Waals surface area contributed by atoms with Crippen molar-refractivity contribution >= 4 is 0 Å². The SMILES string of the molecule is CC[I-]c1cn[nH]c1. The van der Waals surface area contributed by atoms with Gasteiger partial charge >= 0.3 is 58.7 Å². The molecular formula is C5H8IN2-. The topological polar surface area (TPSA) is 28.7 Å². The number of aromatic amines is 1. The maximum absolute atomic E-state index is 3.84. The van der Waals surface area contributed by atoms with E-state index < -0.39 is 0 Å². The minimum atomic E-state index is 0.274. The van der Waals surface area contributed by atoms with Crippen LogP contribution in [0.15, 0.2) is 12.4 Å². The van der Waals surface area contributed by atoms with E-state index in [1.807, 2.05) is 12.4 Å². The molecule has 0 aliphatic carbocycles. The zero-order valence-corrected chi connectivity index (χ0v) is 6.84. The third kappa shape index (κ3) is 1.47. The van der Waals surface area contributed by atoms with Crippen LogP contribution in [0.1, 0.15) is 6.92 Å². The first kappa shape index (κ1) is 6.07. The summed E-state index contributed by atoms with van der Waals surface area (Å²) in [5, 5.41) is 6.64. The first-order chi connectivity index (χ1) is 3.93. The second kappa shape index (κ2) is 3.06. The Hall–Kier alpha value is -0.0600. The van der Waals surface area contributed by atoms with Gasteiger partial charge in [-0.25, -0.2) is 0 Å². The predicted molar refractivity (Wildman–Crippen MR) is 27.8 cm³/mol. The summed E-state index contributed by atoms with van der Waals surface area (Å²) in [6.45, 7) is 2.21. The summed E-state index contributed by atoms with van der Waals surface area (Å²) < 4.78 is 2.71. The average Bonchev–Trinajstić information content (AvgIpc) is 2.19. The fraction of sp³-hybridized carbons (Fsp3) is 0.400. The molecule has 1 aromatic rings.